The predicted molar refractivity (Wildman–Crippen MR) is 103 cm³/mol. The number of ether oxygens (including phenoxy) is 1. The highest BCUT2D eigenvalue weighted by Gasteiger charge is 2.24. The normalized spacial score (nSPS) is 14.8. The van der Waals surface area contributed by atoms with Gasteiger partial charge in [0.05, 0.1) is 24.5 Å². The molecule has 1 aliphatic rings. The summed E-state index contributed by atoms with van der Waals surface area (Å²) >= 11 is 0. The van der Waals surface area contributed by atoms with Crippen LogP contribution in [0.2, 0.25) is 0 Å². The number of likely N-dealkylation sites (tertiary alicyclic amines) is 1. The number of rotatable bonds is 5. The summed E-state index contributed by atoms with van der Waals surface area (Å²) in [5.74, 6) is -0.628. The molecule has 0 aliphatic carbocycles. The zero-order valence-electron chi connectivity index (χ0n) is 15.6. The van der Waals surface area contributed by atoms with Crippen molar-refractivity contribution in [3.05, 3.63) is 65.6 Å². The topological polar surface area (TPSA) is 88.9 Å². The van der Waals surface area contributed by atoms with Crippen LogP contribution in [0.1, 0.15) is 39.1 Å². The van der Waals surface area contributed by atoms with Crippen molar-refractivity contribution in [1.82, 2.24) is 10.2 Å². The molecule has 7 nitrogen and oxygen atoms in total. The lowest BCUT2D eigenvalue weighted by Gasteiger charge is -2.32. The van der Waals surface area contributed by atoms with E-state index in [-0.39, 0.29) is 17.9 Å². The molecule has 3 rings (SSSR count). The van der Waals surface area contributed by atoms with Crippen LogP contribution in [-0.2, 0) is 9.53 Å². The molecule has 0 radical (unpaired) electrons. The van der Waals surface area contributed by atoms with Gasteiger partial charge in [0.25, 0.3) is 5.91 Å². The van der Waals surface area contributed by atoms with Crippen molar-refractivity contribution in [2.45, 2.75) is 18.9 Å². The van der Waals surface area contributed by atoms with Crippen LogP contribution in [-0.4, -0.2) is 48.9 Å². The number of piperidine rings is 1. The fraction of sp³-hybridized carbons (Fsp3) is 0.286. The second kappa shape index (κ2) is 9.03. The van der Waals surface area contributed by atoms with Crippen LogP contribution in [0.15, 0.2) is 53.4 Å². The Labute approximate surface area is 163 Å². The van der Waals surface area contributed by atoms with Gasteiger partial charge in [-0.25, -0.2) is 4.79 Å². The SMILES string of the molecule is COC(=O)c1ccc(C=CC(=O)NC2CCN(C(=O)c3ccoc3)CC2)cc1. The number of nitrogens with zero attached hydrogens (tertiary/aromatic N) is 1. The Balaban J connectivity index is 1.46. The Morgan fingerprint density at radius 3 is 2.43 bits per heavy atom. The molecule has 1 N–H and O–H groups in total. The van der Waals surface area contributed by atoms with Gasteiger partial charge < -0.3 is 19.4 Å². The minimum absolute atomic E-state index is 0.0345. The van der Waals surface area contributed by atoms with Gasteiger partial charge in [-0.15, -0.1) is 0 Å². The van der Waals surface area contributed by atoms with E-state index in [1.807, 2.05) is 0 Å². The largest absolute Gasteiger partial charge is 0.472 e. The molecule has 2 aromatic rings. The molecule has 146 valence electrons. The zero-order chi connectivity index (χ0) is 19.9. The van der Waals surface area contributed by atoms with Gasteiger partial charge in [-0.3, -0.25) is 9.59 Å². The van der Waals surface area contributed by atoms with E-state index in [4.69, 9.17) is 4.42 Å². The van der Waals surface area contributed by atoms with Crippen LogP contribution in [0.5, 0.6) is 0 Å². The Kier molecular flexibility index (Phi) is 6.26. The average Bonchev–Trinajstić information content (AvgIpc) is 3.27. The average molecular weight is 382 g/mol. The van der Waals surface area contributed by atoms with Crippen LogP contribution < -0.4 is 5.32 Å². The van der Waals surface area contributed by atoms with Gasteiger partial charge in [-0.2, -0.15) is 0 Å². The van der Waals surface area contributed by atoms with E-state index < -0.39 is 5.97 Å². The maximum atomic E-state index is 12.3. The van der Waals surface area contributed by atoms with Gasteiger partial charge in [0.2, 0.25) is 5.91 Å². The molecule has 1 saturated heterocycles. The van der Waals surface area contributed by atoms with Crippen molar-refractivity contribution >= 4 is 23.9 Å². The number of hydrogen-bond donors (Lipinski definition) is 1. The van der Waals surface area contributed by atoms with Gasteiger partial charge in [0.1, 0.15) is 6.26 Å². The van der Waals surface area contributed by atoms with E-state index in [0.717, 1.165) is 5.56 Å². The van der Waals surface area contributed by atoms with E-state index in [1.165, 1.54) is 25.7 Å². The van der Waals surface area contributed by atoms with Crippen molar-refractivity contribution in [2.24, 2.45) is 0 Å². The lowest BCUT2D eigenvalue weighted by Crippen LogP contribution is -2.46. The first-order valence-corrected chi connectivity index (χ1v) is 9.05. The number of furan rings is 1. The van der Waals surface area contributed by atoms with E-state index >= 15 is 0 Å². The first kappa shape index (κ1) is 19.4. The van der Waals surface area contributed by atoms with Crippen molar-refractivity contribution in [1.29, 1.82) is 0 Å². The van der Waals surface area contributed by atoms with E-state index in [0.29, 0.717) is 37.1 Å². The number of benzene rings is 1. The van der Waals surface area contributed by atoms with Gasteiger partial charge in [0.15, 0.2) is 0 Å². The predicted octanol–water partition coefficient (Wildman–Crippen LogP) is 2.50. The molecule has 1 aromatic carbocycles. The molecule has 2 heterocycles. The Hall–Kier alpha value is -3.35. The number of carbonyl (C=O) groups is 3. The van der Waals surface area contributed by atoms with Crippen LogP contribution in [0, 0.1) is 0 Å². The third kappa shape index (κ3) is 4.88. The summed E-state index contributed by atoms with van der Waals surface area (Å²) in [7, 11) is 1.33. The molecular formula is C21H22N2O5. The Morgan fingerprint density at radius 1 is 1.11 bits per heavy atom. The van der Waals surface area contributed by atoms with Crippen molar-refractivity contribution in [2.75, 3.05) is 20.2 Å². The number of carbonyl (C=O) groups excluding carboxylic acids is 3. The number of methoxy groups -OCH3 is 1. The summed E-state index contributed by atoms with van der Waals surface area (Å²) in [6.07, 6.45) is 7.49. The fourth-order valence-electron chi connectivity index (χ4n) is 3.07. The lowest BCUT2D eigenvalue weighted by molar-refractivity contribution is -0.117. The monoisotopic (exact) mass is 382 g/mol. The number of esters is 1. The molecule has 0 spiro atoms. The molecule has 7 heteroatoms. The Morgan fingerprint density at radius 2 is 1.82 bits per heavy atom. The summed E-state index contributed by atoms with van der Waals surface area (Å²) in [6, 6.07) is 8.48. The minimum Gasteiger partial charge on any atom is -0.472 e. The highest BCUT2D eigenvalue weighted by Crippen LogP contribution is 2.14. The number of hydrogen-bond acceptors (Lipinski definition) is 5. The molecule has 0 bridgehead atoms. The quantitative estimate of drug-likeness (QED) is 0.634. The first-order valence-electron chi connectivity index (χ1n) is 9.05. The third-order valence-corrected chi connectivity index (χ3v) is 4.66. The molecule has 1 aliphatic heterocycles. The molecule has 1 aromatic heterocycles. The van der Waals surface area contributed by atoms with Gasteiger partial charge >= 0.3 is 5.97 Å². The first-order chi connectivity index (χ1) is 13.6. The van der Waals surface area contributed by atoms with Gasteiger partial charge in [-0.1, -0.05) is 12.1 Å². The van der Waals surface area contributed by atoms with Gasteiger partial charge in [0, 0.05) is 25.2 Å². The standard InChI is InChI=1S/C21H22N2O5/c1-27-21(26)16-5-2-15(3-6-16)4-7-19(24)22-18-8-11-23(12-9-18)20(25)17-10-13-28-14-17/h2-7,10,13-14,18H,8-9,11-12H2,1H3,(H,22,24). The van der Waals surface area contributed by atoms with Crippen LogP contribution in [0.25, 0.3) is 6.08 Å². The summed E-state index contributed by atoms with van der Waals surface area (Å²) in [4.78, 5) is 37.6. The Bertz CT molecular complexity index is 847. The highest BCUT2D eigenvalue weighted by atomic mass is 16.5. The molecule has 0 saturated carbocycles. The van der Waals surface area contributed by atoms with Crippen LogP contribution >= 0.6 is 0 Å². The number of amides is 2. The summed E-state index contributed by atoms with van der Waals surface area (Å²) in [6.45, 7) is 1.18. The summed E-state index contributed by atoms with van der Waals surface area (Å²) in [5.41, 5.74) is 1.81. The lowest BCUT2D eigenvalue weighted by atomic mass is 10.0. The molecule has 2 amide bonds. The maximum Gasteiger partial charge on any atom is 0.337 e. The van der Waals surface area contributed by atoms with Crippen LogP contribution in [0.4, 0.5) is 0 Å². The summed E-state index contributed by atoms with van der Waals surface area (Å²) in [5, 5.41) is 2.97. The van der Waals surface area contributed by atoms with Crippen molar-refractivity contribution < 1.29 is 23.5 Å². The van der Waals surface area contributed by atoms with Crippen molar-refractivity contribution in [3.63, 3.8) is 0 Å². The van der Waals surface area contributed by atoms with E-state index in [2.05, 4.69) is 10.1 Å². The molecule has 0 unspecified atom stereocenters. The second-order valence-electron chi connectivity index (χ2n) is 6.53. The smallest absolute Gasteiger partial charge is 0.337 e. The molecule has 0 atom stereocenters. The fourth-order valence-corrected chi connectivity index (χ4v) is 3.07. The molecule has 28 heavy (non-hydrogen) atoms. The number of nitrogens with one attached hydrogen (secondary N) is 1. The minimum atomic E-state index is -0.397. The highest BCUT2D eigenvalue weighted by molar-refractivity contribution is 5.94. The second-order valence-corrected chi connectivity index (χ2v) is 6.53. The van der Waals surface area contributed by atoms with Crippen molar-refractivity contribution in [3.8, 4) is 0 Å². The van der Waals surface area contributed by atoms with Crippen LogP contribution in [0.3, 0.4) is 0 Å². The molecular weight excluding hydrogens is 360 g/mol. The molecule has 1 fully saturated rings. The third-order valence-electron chi connectivity index (χ3n) is 4.66. The van der Waals surface area contributed by atoms with E-state index in [1.54, 1.807) is 41.3 Å². The maximum absolute atomic E-state index is 12.3. The summed E-state index contributed by atoms with van der Waals surface area (Å²) < 4.78 is 9.60. The van der Waals surface area contributed by atoms with Gasteiger partial charge in [-0.05, 0) is 42.7 Å². The van der Waals surface area contributed by atoms with E-state index in [9.17, 15) is 14.4 Å². The zero-order valence-corrected chi connectivity index (χ0v) is 15.6.